The molecule has 1 rings (SSSR count). The zero-order chi connectivity index (χ0) is 9.14. The zero-order valence-electron chi connectivity index (χ0n) is 6.98. The van der Waals surface area contributed by atoms with Gasteiger partial charge >= 0.3 is 0 Å². The minimum atomic E-state index is 0.341. The van der Waals surface area contributed by atoms with E-state index in [0.717, 1.165) is 5.56 Å². The molecule has 0 fully saturated rings. The molecule has 0 saturated heterocycles. The van der Waals surface area contributed by atoms with Gasteiger partial charge in [-0.3, -0.25) is 0 Å². The second kappa shape index (κ2) is 3.44. The van der Waals surface area contributed by atoms with Crippen LogP contribution in [-0.2, 0) is 0 Å². The van der Waals surface area contributed by atoms with Crippen LogP contribution >= 0.6 is 12.2 Å². The molecule has 0 bridgehead atoms. The molecule has 1 heterocycles. The average Bonchev–Trinajstić information content (AvgIpc) is 2.04. The lowest BCUT2D eigenvalue weighted by Gasteiger charge is -2.13. The number of anilines is 1. The molecule has 2 N–H and O–H groups in total. The molecule has 0 unspecified atom stereocenters. The molecule has 0 saturated carbocycles. The van der Waals surface area contributed by atoms with Gasteiger partial charge in [0, 0.05) is 14.1 Å². The predicted molar refractivity (Wildman–Crippen MR) is 52.2 cm³/mol. The maximum atomic E-state index is 5.49. The Morgan fingerprint density at radius 3 is 2.67 bits per heavy atom. The Bertz CT molecular complexity index is 297. The third-order valence-corrected chi connectivity index (χ3v) is 1.61. The summed E-state index contributed by atoms with van der Waals surface area (Å²) in [5, 5.41) is 7.65. The van der Waals surface area contributed by atoms with E-state index in [1.807, 2.05) is 19.0 Å². The maximum Gasteiger partial charge on any atom is 0.161 e. The number of nitrogens with two attached hydrogens (primary N) is 1. The van der Waals surface area contributed by atoms with Crippen molar-refractivity contribution in [1.29, 1.82) is 0 Å². The Labute approximate surface area is 76.4 Å². The predicted octanol–water partition coefficient (Wildman–Crippen LogP) is 0.177. The summed E-state index contributed by atoms with van der Waals surface area (Å²) in [6.45, 7) is 0. The molecular weight excluding hydrogens is 172 g/mol. The molecule has 0 aliphatic heterocycles. The van der Waals surface area contributed by atoms with Gasteiger partial charge in [-0.05, 0) is 6.07 Å². The fraction of sp³-hybridized carbons (Fsp3) is 0.286. The van der Waals surface area contributed by atoms with Crippen LogP contribution in [0.1, 0.15) is 5.56 Å². The summed E-state index contributed by atoms with van der Waals surface area (Å²) in [6.07, 6.45) is 1.57. The highest BCUT2D eigenvalue weighted by atomic mass is 32.1. The van der Waals surface area contributed by atoms with E-state index in [-0.39, 0.29) is 0 Å². The molecule has 0 aromatic carbocycles. The highest BCUT2D eigenvalue weighted by molar-refractivity contribution is 7.80. The molecule has 0 spiro atoms. The van der Waals surface area contributed by atoms with Gasteiger partial charge in [-0.2, -0.15) is 5.10 Å². The third kappa shape index (κ3) is 1.68. The quantitative estimate of drug-likeness (QED) is 0.661. The Morgan fingerprint density at radius 2 is 2.25 bits per heavy atom. The first-order chi connectivity index (χ1) is 5.63. The average molecular weight is 182 g/mol. The summed E-state index contributed by atoms with van der Waals surface area (Å²) in [4.78, 5) is 2.16. The first kappa shape index (κ1) is 8.86. The Morgan fingerprint density at radius 1 is 1.58 bits per heavy atom. The molecule has 12 heavy (non-hydrogen) atoms. The lowest BCUT2D eigenvalue weighted by molar-refractivity contribution is 0.960. The van der Waals surface area contributed by atoms with Gasteiger partial charge in [-0.25, -0.2) is 0 Å². The normalized spacial score (nSPS) is 9.50. The van der Waals surface area contributed by atoms with E-state index in [1.54, 1.807) is 12.3 Å². The Hall–Kier alpha value is -1.23. The minimum absolute atomic E-state index is 0.341. The summed E-state index contributed by atoms with van der Waals surface area (Å²) in [7, 11) is 3.73. The van der Waals surface area contributed by atoms with Crippen LogP contribution < -0.4 is 10.6 Å². The van der Waals surface area contributed by atoms with Crippen molar-refractivity contribution in [3.05, 3.63) is 17.8 Å². The summed E-state index contributed by atoms with van der Waals surface area (Å²) in [6, 6.07) is 1.75. The van der Waals surface area contributed by atoms with Crippen molar-refractivity contribution in [2.75, 3.05) is 19.0 Å². The fourth-order valence-corrected chi connectivity index (χ4v) is 1.01. The smallest absolute Gasteiger partial charge is 0.161 e. The van der Waals surface area contributed by atoms with Gasteiger partial charge in [-0.15, -0.1) is 5.10 Å². The van der Waals surface area contributed by atoms with Crippen LogP contribution in [-0.4, -0.2) is 29.3 Å². The van der Waals surface area contributed by atoms with Crippen LogP contribution in [0.15, 0.2) is 12.3 Å². The Balaban J connectivity index is 3.17. The van der Waals surface area contributed by atoms with Crippen molar-refractivity contribution in [3.8, 4) is 0 Å². The van der Waals surface area contributed by atoms with Gasteiger partial charge < -0.3 is 10.6 Å². The van der Waals surface area contributed by atoms with E-state index in [4.69, 9.17) is 18.0 Å². The highest BCUT2D eigenvalue weighted by Gasteiger charge is 2.07. The maximum absolute atomic E-state index is 5.49. The van der Waals surface area contributed by atoms with Gasteiger partial charge in [0.1, 0.15) is 4.99 Å². The molecule has 4 nitrogen and oxygen atoms in total. The van der Waals surface area contributed by atoms with Gasteiger partial charge in [0.05, 0.1) is 11.8 Å². The molecule has 0 aliphatic rings. The molecule has 1 aromatic heterocycles. The number of nitrogens with zero attached hydrogens (tertiary/aromatic N) is 3. The summed E-state index contributed by atoms with van der Waals surface area (Å²) < 4.78 is 0. The molecule has 0 amide bonds. The zero-order valence-corrected chi connectivity index (χ0v) is 7.80. The van der Waals surface area contributed by atoms with Crippen LogP contribution in [0.25, 0.3) is 0 Å². The van der Waals surface area contributed by atoms with Crippen molar-refractivity contribution >= 4 is 23.0 Å². The fourth-order valence-electron chi connectivity index (χ4n) is 0.847. The largest absolute Gasteiger partial charge is 0.389 e. The van der Waals surface area contributed by atoms with Crippen molar-refractivity contribution in [2.45, 2.75) is 0 Å². The lowest BCUT2D eigenvalue weighted by atomic mass is 10.3. The first-order valence-electron chi connectivity index (χ1n) is 3.41. The van der Waals surface area contributed by atoms with Gasteiger partial charge in [0.25, 0.3) is 0 Å². The van der Waals surface area contributed by atoms with Crippen LogP contribution in [0.4, 0.5) is 5.82 Å². The monoisotopic (exact) mass is 182 g/mol. The highest BCUT2D eigenvalue weighted by Crippen LogP contribution is 2.12. The second-order valence-corrected chi connectivity index (χ2v) is 2.97. The van der Waals surface area contributed by atoms with Crippen LogP contribution in [0.2, 0.25) is 0 Å². The van der Waals surface area contributed by atoms with Gasteiger partial charge in [-0.1, -0.05) is 12.2 Å². The molecule has 0 atom stereocenters. The number of aromatic nitrogens is 2. The van der Waals surface area contributed by atoms with Crippen molar-refractivity contribution < 1.29 is 0 Å². The van der Waals surface area contributed by atoms with E-state index in [1.165, 1.54) is 0 Å². The second-order valence-electron chi connectivity index (χ2n) is 2.53. The van der Waals surface area contributed by atoms with Crippen LogP contribution in [0.5, 0.6) is 0 Å². The molecule has 1 aromatic rings. The molecule has 0 radical (unpaired) electrons. The lowest BCUT2D eigenvalue weighted by Crippen LogP contribution is -2.19. The summed E-state index contributed by atoms with van der Waals surface area (Å²) in [5.74, 6) is 0.699. The molecule has 5 heteroatoms. The SMILES string of the molecule is CN(C)c1nnccc1C(N)=S. The number of hydrogen-bond acceptors (Lipinski definition) is 4. The topological polar surface area (TPSA) is 55.0 Å². The van der Waals surface area contributed by atoms with Crippen molar-refractivity contribution in [3.63, 3.8) is 0 Å². The number of hydrogen-bond donors (Lipinski definition) is 1. The first-order valence-corrected chi connectivity index (χ1v) is 3.82. The van der Waals surface area contributed by atoms with Gasteiger partial charge in [0.15, 0.2) is 5.82 Å². The van der Waals surface area contributed by atoms with Crippen LogP contribution in [0, 0.1) is 0 Å². The number of rotatable bonds is 2. The Kier molecular flexibility index (Phi) is 2.54. The third-order valence-electron chi connectivity index (χ3n) is 1.39. The summed E-state index contributed by atoms with van der Waals surface area (Å²) in [5.41, 5.74) is 6.24. The molecular formula is C7H10N4S. The van der Waals surface area contributed by atoms with E-state index in [9.17, 15) is 0 Å². The molecule has 0 aliphatic carbocycles. The van der Waals surface area contributed by atoms with Crippen LogP contribution in [0.3, 0.4) is 0 Å². The van der Waals surface area contributed by atoms with Gasteiger partial charge in [0.2, 0.25) is 0 Å². The van der Waals surface area contributed by atoms with E-state index in [2.05, 4.69) is 10.2 Å². The standard InChI is InChI=1S/C7H10N4S/c1-11(2)7-5(6(8)12)3-4-9-10-7/h3-4H,1-2H3,(H2,8,12). The summed E-state index contributed by atoms with van der Waals surface area (Å²) >= 11 is 4.85. The number of thiocarbonyl (C=S) groups is 1. The van der Waals surface area contributed by atoms with E-state index in [0.29, 0.717) is 10.8 Å². The van der Waals surface area contributed by atoms with Crippen molar-refractivity contribution in [1.82, 2.24) is 10.2 Å². The minimum Gasteiger partial charge on any atom is -0.389 e. The van der Waals surface area contributed by atoms with E-state index < -0.39 is 0 Å². The van der Waals surface area contributed by atoms with Crippen molar-refractivity contribution in [2.24, 2.45) is 5.73 Å². The van der Waals surface area contributed by atoms with E-state index >= 15 is 0 Å². The molecule has 64 valence electrons.